The van der Waals surface area contributed by atoms with E-state index in [2.05, 4.69) is 15.9 Å². The summed E-state index contributed by atoms with van der Waals surface area (Å²) in [6, 6.07) is 3.65. The van der Waals surface area contributed by atoms with Crippen molar-refractivity contribution in [2.24, 2.45) is 5.73 Å². The average molecular weight is 337 g/mol. The number of nitrogens with two attached hydrogens (primary N) is 1. The van der Waals surface area contributed by atoms with Crippen LogP contribution in [0.3, 0.4) is 0 Å². The van der Waals surface area contributed by atoms with Gasteiger partial charge in [0.25, 0.3) is 0 Å². The molecule has 1 aromatic rings. The molecule has 2 rings (SSSR count). The first-order valence-electron chi connectivity index (χ1n) is 5.64. The smallest absolute Gasteiger partial charge is 0.243 e. The third-order valence-electron chi connectivity index (χ3n) is 3.09. The lowest BCUT2D eigenvalue weighted by atomic mass is 10.2. The maximum atomic E-state index is 13.4. The van der Waals surface area contributed by atoms with Gasteiger partial charge in [0.15, 0.2) is 0 Å². The predicted octanol–water partition coefficient (Wildman–Crippen LogP) is 1.70. The zero-order valence-corrected chi connectivity index (χ0v) is 12.0. The highest BCUT2D eigenvalue weighted by Crippen LogP contribution is 2.27. The molecule has 1 heterocycles. The van der Waals surface area contributed by atoms with Gasteiger partial charge in [0.05, 0.1) is 9.37 Å². The Kier molecular flexibility index (Phi) is 4.05. The maximum absolute atomic E-state index is 13.4. The van der Waals surface area contributed by atoms with Gasteiger partial charge < -0.3 is 5.73 Å². The Bertz CT molecular complexity index is 550. The van der Waals surface area contributed by atoms with E-state index in [9.17, 15) is 12.8 Å². The average Bonchev–Trinajstić information content (AvgIpc) is 2.81. The van der Waals surface area contributed by atoms with Crippen LogP contribution in [-0.4, -0.2) is 31.9 Å². The molecule has 4 nitrogen and oxygen atoms in total. The van der Waals surface area contributed by atoms with Crippen LogP contribution in [0.5, 0.6) is 0 Å². The Hall–Kier alpha value is -0.500. The van der Waals surface area contributed by atoms with Crippen LogP contribution in [0, 0.1) is 5.82 Å². The highest BCUT2D eigenvalue weighted by atomic mass is 79.9. The lowest BCUT2D eigenvalue weighted by Crippen LogP contribution is -2.39. The molecule has 0 spiro atoms. The SMILES string of the molecule is NCC1CCCN1S(=O)(=O)c1ccc(Br)c(F)c1. The van der Waals surface area contributed by atoms with Gasteiger partial charge in [0, 0.05) is 19.1 Å². The van der Waals surface area contributed by atoms with Gasteiger partial charge in [-0.2, -0.15) is 4.31 Å². The van der Waals surface area contributed by atoms with E-state index in [4.69, 9.17) is 5.73 Å². The van der Waals surface area contributed by atoms with E-state index in [1.165, 1.54) is 16.4 Å². The van der Waals surface area contributed by atoms with Crippen LogP contribution in [0.2, 0.25) is 0 Å². The largest absolute Gasteiger partial charge is 0.329 e. The first-order chi connectivity index (χ1) is 8.46. The fraction of sp³-hybridized carbons (Fsp3) is 0.455. The Balaban J connectivity index is 2.38. The zero-order chi connectivity index (χ0) is 13.3. The zero-order valence-electron chi connectivity index (χ0n) is 9.64. The number of sulfonamides is 1. The standard InChI is InChI=1S/C11H14BrFN2O2S/c12-10-4-3-9(6-11(10)13)18(16,17)15-5-1-2-8(15)7-14/h3-4,6,8H,1-2,5,7,14H2. The molecule has 100 valence electrons. The summed E-state index contributed by atoms with van der Waals surface area (Å²) in [7, 11) is -3.65. The monoisotopic (exact) mass is 336 g/mol. The van der Waals surface area contributed by atoms with E-state index in [-0.39, 0.29) is 22.0 Å². The van der Waals surface area contributed by atoms with Gasteiger partial charge in [0.1, 0.15) is 5.82 Å². The van der Waals surface area contributed by atoms with E-state index in [0.29, 0.717) is 6.54 Å². The molecule has 1 atom stereocenters. The van der Waals surface area contributed by atoms with Crippen molar-refractivity contribution in [3.05, 3.63) is 28.5 Å². The third kappa shape index (κ3) is 2.45. The molecule has 0 aliphatic carbocycles. The summed E-state index contributed by atoms with van der Waals surface area (Å²) in [6.45, 7) is 0.736. The number of benzene rings is 1. The fourth-order valence-electron chi connectivity index (χ4n) is 2.13. The van der Waals surface area contributed by atoms with Gasteiger partial charge in [-0.1, -0.05) is 0 Å². The van der Waals surface area contributed by atoms with E-state index in [0.717, 1.165) is 18.9 Å². The van der Waals surface area contributed by atoms with Crippen LogP contribution in [0.25, 0.3) is 0 Å². The molecular weight excluding hydrogens is 323 g/mol. The minimum atomic E-state index is -3.65. The van der Waals surface area contributed by atoms with Crippen molar-refractivity contribution in [3.8, 4) is 0 Å². The van der Waals surface area contributed by atoms with Gasteiger partial charge in [-0.3, -0.25) is 0 Å². The molecule has 0 aromatic heterocycles. The first-order valence-corrected chi connectivity index (χ1v) is 7.87. The summed E-state index contributed by atoms with van der Waals surface area (Å²) in [5.74, 6) is -0.584. The molecule has 0 bridgehead atoms. The molecule has 7 heteroatoms. The molecular formula is C11H14BrFN2O2S. The van der Waals surface area contributed by atoms with Gasteiger partial charge in [0.2, 0.25) is 10.0 Å². The van der Waals surface area contributed by atoms with E-state index in [1.807, 2.05) is 0 Å². The highest BCUT2D eigenvalue weighted by Gasteiger charge is 2.34. The summed E-state index contributed by atoms with van der Waals surface area (Å²) in [5, 5.41) is 0. The summed E-state index contributed by atoms with van der Waals surface area (Å²) < 4.78 is 39.8. The minimum absolute atomic E-state index is 0.0245. The van der Waals surface area contributed by atoms with Crippen molar-refractivity contribution < 1.29 is 12.8 Å². The van der Waals surface area contributed by atoms with Crippen molar-refractivity contribution in [1.29, 1.82) is 0 Å². The second-order valence-corrected chi connectivity index (χ2v) is 6.97. The van der Waals surface area contributed by atoms with Gasteiger partial charge in [-0.15, -0.1) is 0 Å². The van der Waals surface area contributed by atoms with Gasteiger partial charge in [-0.05, 0) is 47.0 Å². The number of rotatable bonds is 3. The molecule has 2 N–H and O–H groups in total. The lowest BCUT2D eigenvalue weighted by Gasteiger charge is -2.22. The molecule has 0 saturated carbocycles. The second kappa shape index (κ2) is 5.24. The quantitative estimate of drug-likeness (QED) is 0.913. The number of hydrogen-bond donors (Lipinski definition) is 1. The molecule has 1 aliphatic rings. The summed E-state index contributed by atoms with van der Waals surface area (Å²) in [6.07, 6.45) is 1.55. The molecule has 0 radical (unpaired) electrons. The highest BCUT2D eigenvalue weighted by molar-refractivity contribution is 9.10. The number of halogens is 2. The number of nitrogens with zero attached hydrogens (tertiary/aromatic N) is 1. The molecule has 1 aromatic carbocycles. The normalized spacial score (nSPS) is 21.4. The van der Waals surface area contributed by atoms with Crippen LogP contribution >= 0.6 is 15.9 Å². The Morgan fingerprint density at radius 3 is 2.83 bits per heavy atom. The summed E-state index contributed by atoms with van der Waals surface area (Å²) >= 11 is 3.00. The van der Waals surface area contributed by atoms with Crippen molar-refractivity contribution in [2.75, 3.05) is 13.1 Å². The van der Waals surface area contributed by atoms with Crippen molar-refractivity contribution in [2.45, 2.75) is 23.8 Å². The van der Waals surface area contributed by atoms with Crippen molar-refractivity contribution >= 4 is 26.0 Å². The van der Waals surface area contributed by atoms with Crippen LogP contribution in [0.1, 0.15) is 12.8 Å². The summed E-state index contributed by atoms with van der Waals surface area (Å²) in [4.78, 5) is -0.0245. The van der Waals surface area contributed by atoms with Crippen LogP contribution in [0.15, 0.2) is 27.6 Å². The third-order valence-corrected chi connectivity index (χ3v) is 5.68. The molecule has 1 fully saturated rings. The van der Waals surface area contributed by atoms with Crippen LogP contribution in [0.4, 0.5) is 4.39 Å². The molecule has 18 heavy (non-hydrogen) atoms. The van der Waals surface area contributed by atoms with Gasteiger partial charge in [-0.25, -0.2) is 12.8 Å². The Labute approximate surface area is 114 Å². The summed E-state index contributed by atoms with van der Waals surface area (Å²) in [5.41, 5.74) is 5.57. The van der Waals surface area contributed by atoms with Crippen molar-refractivity contribution in [1.82, 2.24) is 4.31 Å². The minimum Gasteiger partial charge on any atom is -0.329 e. The van der Waals surface area contributed by atoms with E-state index >= 15 is 0 Å². The molecule has 1 saturated heterocycles. The molecule has 0 amide bonds. The van der Waals surface area contributed by atoms with Crippen LogP contribution < -0.4 is 5.73 Å². The van der Waals surface area contributed by atoms with E-state index < -0.39 is 15.8 Å². The Morgan fingerprint density at radius 1 is 1.50 bits per heavy atom. The van der Waals surface area contributed by atoms with Gasteiger partial charge >= 0.3 is 0 Å². The Morgan fingerprint density at radius 2 is 2.22 bits per heavy atom. The maximum Gasteiger partial charge on any atom is 0.243 e. The van der Waals surface area contributed by atoms with E-state index in [1.54, 1.807) is 0 Å². The molecule has 1 aliphatic heterocycles. The first kappa shape index (κ1) is 13.9. The predicted molar refractivity (Wildman–Crippen MR) is 70.1 cm³/mol. The second-order valence-electron chi connectivity index (χ2n) is 4.22. The number of hydrogen-bond acceptors (Lipinski definition) is 3. The lowest BCUT2D eigenvalue weighted by molar-refractivity contribution is 0.392. The molecule has 1 unspecified atom stereocenters. The fourth-order valence-corrected chi connectivity index (χ4v) is 4.10. The van der Waals surface area contributed by atoms with Crippen LogP contribution in [-0.2, 0) is 10.0 Å². The van der Waals surface area contributed by atoms with Crippen molar-refractivity contribution in [3.63, 3.8) is 0 Å². The topological polar surface area (TPSA) is 63.4 Å².